The predicted molar refractivity (Wildman–Crippen MR) is 82.1 cm³/mol. The smallest absolute Gasteiger partial charge is 0.338 e. The van der Waals surface area contributed by atoms with E-state index < -0.39 is 0 Å². The highest BCUT2D eigenvalue weighted by atomic mass is 16.5. The molecular formula is C18H26O2. The van der Waals surface area contributed by atoms with E-state index in [1.807, 2.05) is 6.07 Å². The van der Waals surface area contributed by atoms with Gasteiger partial charge in [0.25, 0.3) is 0 Å². The molecule has 0 fully saturated rings. The van der Waals surface area contributed by atoms with Crippen LogP contribution in [0.2, 0.25) is 0 Å². The fourth-order valence-corrected chi connectivity index (χ4v) is 3.00. The van der Waals surface area contributed by atoms with E-state index in [9.17, 15) is 4.79 Å². The van der Waals surface area contributed by atoms with Crippen LogP contribution in [-0.2, 0) is 17.6 Å². The Labute approximate surface area is 122 Å². The molecule has 2 aliphatic carbocycles. The molecular weight excluding hydrogens is 248 g/mol. The summed E-state index contributed by atoms with van der Waals surface area (Å²) in [6, 6.07) is 6.37. The minimum atomic E-state index is -0.186. The summed E-state index contributed by atoms with van der Waals surface area (Å²) in [7, 11) is 1.47. The van der Waals surface area contributed by atoms with Crippen molar-refractivity contribution in [2.75, 3.05) is 7.11 Å². The molecule has 0 saturated carbocycles. The van der Waals surface area contributed by atoms with Gasteiger partial charge in [-0.3, -0.25) is 0 Å². The lowest BCUT2D eigenvalue weighted by molar-refractivity contribution is 0.0599. The molecule has 0 unspecified atom stereocenters. The van der Waals surface area contributed by atoms with Crippen LogP contribution >= 0.6 is 0 Å². The maximum absolute atomic E-state index is 11.9. The zero-order valence-corrected chi connectivity index (χ0v) is 12.6. The average molecular weight is 274 g/mol. The summed E-state index contributed by atoms with van der Waals surface area (Å²) in [5, 5.41) is 0. The summed E-state index contributed by atoms with van der Waals surface area (Å²) < 4.78 is 4.94. The van der Waals surface area contributed by atoms with Crippen LogP contribution in [0.15, 0.2) is 18.2 Å². The van der Waals surface area contributed by atoms with Gasteiger partial charge >= 0.3 is 5.97 Å². The van der Waals surface area contributed by atoms with E-state index in [-0.39, 0.29) is 5.97 Å². The van der Waals surface area contributed by atoms with E-state index >= 15 is 0 Å². The second kappa shape index (κ2) is 8.08. The van der Waals surface area contributed by atoms with Crippen LogP contribution in [0.5, 0.6) is 0 Å². The van der Waals surface area contributed by atoms with E-state index in [0.717, 1.165) is 24.0 Å². The second-order valence-electron chi connectivity index (χ2n) is 5.81. The molecule has 0 radical (unpaired) electrons. The third-order valence-electron chi connectivity index (χ3n) is 4.24. The normalized spacial score (nSPS) is 17.4. The topological polar surface area (TPSA) is 26.3 Å². The summed E-state index contributed by atoms with van der Waals surface area (Å²) in [6.07, 6.45) is 12.4. The first-order valence-electron chi connectivity index (χ1n) is 8.01. The summed E-state index contributed by atoms with van der Waals surface area (Å²) in [6.45, 7) is 0. The number of benzene rings is 1. The lowest BCUT2D eigenvalue weighted by atomic mass is 9.95. The number of ether oxygens (including phenoxy) is 1. The van der Waals surface area contributed by atoms with E-state index in [4.69, 9.17) is 4.74 Å². The van der Waals surface area contributed by atoms with Crippen molar-refractivity contribution >= 4 is 5.97 Å². The van der Waals surface area contributed by atoms with Gasteiger partial charge in [-0.25, -0.2) is 4.79 Å². The first kappa shape index (κ1) is 15.1. The molecule has 0 saturated heterocycles. The largest absolute Gasteiger partial charge is 0.465 e. The van der Waals surface area contributed by atoms with Gasteiger partial charge in [-0.05, 0) is 42.9 Å². The molecule has 0 N–H and O–H groups in total. The molecule has 2 nitrogen and oxygen atoms in total. The highest BCUT2D eigenvalue weighted by Crippen LogP contribution is 2.20. The fraction of sp³-hybridized carbons (Fsp3) is 0.611. The zero-order valence-electron chi connectivity index (χ0n) is 12.6. The van der Waals surface area contributed by atoms with Crippen molar-refractivity contribution in [3.8, 4) is 0 Å². The highest BCUT2D eigenvalue weighted by Gasteiger charge is 2.12. The van der Waals surface area contributed by atoms with Crippen LogP contribution in [0.3, 0.4) is 0 Å². The molecule has 20 heavy (non-hydrogen) atoms. The molecule has 0 aliphatic heterocycles. The Balaban J connectivity index is 2.17. The van der Waals surface area contributed by atoms with Crippen molar-refractivity contribution in [2.24, 2.45) is 0 Å². The monoisotopic (exact) mass is 274 g/mol. The van der Waals surface area contributed by atoms with Gasteiger partial charge in [0.15, 0.2) is 0 Å². The molecule has 2 bridgehead atoms. The number of carbonyl (C=O) groups excluding carboxylic acids is 1. The maximum atomic E-state index is 11.9. The molecule has 2 aliphatic rings. The lowest BCUT2D eigenvalue weighted by Gasteiger charge is -2.12. The van der Waals surface area contributed by atoms with Crippen LogP contribution < -0.4 is 0 Å². The Hall–Kier alpha value is -1.31. The number of hydrogen-bond donors (Lipinski definition) is 0. The minimum absolute atomic E-state index is 0.186. The van der Waals surface area contributed by atoms with Gasteiger partial charge < -0.3 is 4.74 Å². The van der Waals surface area contributed by atoms with Crippen LogP contribution in [-0.4, -0.2) is 13.1 Å². The molecule has 1 aromatic carbocycles. The van der Waals surface area contributed by atoms with Crippen molar-refractivity contribution in [1.82, 2.24) is 0 Å². The second-order valence-corrected chi connectivity index (χ2v) is 5.81. The third kappa shape index (κ3) is 4.36. The van der Waals surface area contributed by atoms with Gasteiger partial charge in [0.05, 0.1) is 12.7 Å². The minimum Gasteiger partial charge on any atom is -0.465 e. The van der Waals surface area contributed by atoms with Gasteiger partial charge in [0, 0.05) is 0 Å². The van der Waals surface area contributed by atoms with E-state index in [0.29, 0.717) is 0 Å². The lowest BCUT2D eigenvalue weighted by Crippen LogP contribution is -2.07. The molecule has 0 spiro atoms. The van der Waals surface area contributed by atoms with Gasteiger partial charge in [0.1, 0.15) is 0 Å². The molecule has 0 heterocycles. The number of hydrogen-bond acceptors (Lipinski definition) is 2. The Morgan fingerprint density at radius 3 is 2.15 bits per heavy atom. The van der Waals surface area contributed by atoms with Gasteiger partial charge in [-0.15, -0.1) is 0 Å². The van der Waals surface area contributed by atoms with Crippen LogP contribution in [0.4, 0.5) is 0 Å². The van der Waals surface area contributed by atoms with Crippen LogP contribution in [0, 0.1) is 0 Å². The maximum Gasteiger partial charge on any atom is 0.338 e. The molecule has 0 aromatic heterocycles. The molecule has 1 aromatic rings. The Bertz CT molecular complexity index is 437. The number of fused-ring (bicyclic) bond motifs is 11. The Kier molecular flexibility index (Phi) is 6.10. The highest BCUT2D eigenvalue weighted by molar-refractivity contribution is 5.91. The Morgan fingerprint density at radius 2 is 1.50 bits per heavy atom. The SMILES string of the molecule is COC(=O)c1cc2ccc1CCCCCCCCCC2. The van der Waals surface area contributed by atoms with E-state index in [1.54, 1.807) is 0 Å². The van der Waals surface area contributed by atoms with Crippen LogP contribution in [0.1, 0.15) is 72.9 Å². The number of esters is 1. The predicted octanol–water partition coefficient (Wildman–Crippen LogP) is 4.69. The van der Waals surface area contributed by atoms with Crippen LogP contribution in [0.25, 0.3) is 0 Å². The van der Waals surface area contributed by atoms with Crippen molar-refractivity contribution in [2.45, 2.75) is 64.2 Å². The molecule has 0 atom stereocenters. The fourth-order valence-electron chi connectivity index (χ4n) is 3.00. The molecule has 2 heteroatoms. The number of methoxy groups -OCH3 is 1. The quantitative estimate of drug-likeness (QED) is 0.694. The summed E-state index contributed by atoms with van der Waals surface area (Å²) in [5.41, 5.74) is 3.20. The first-order chi connectivity index (χ1) is 9.81. The number of aryl methyl sites for hydroxylation is 2. The van der Waals surface area contributed by atoms with Crippen molar-refractivity contribution in [3.63, 3.8) is 0 Å². The van der Waals surface area contributed by atoms with Crippen molar-refractivity contribution in [1.29, 1.82) is 0 Å². The standard InChI is InChI=1S/C18H26O2/c1-20-18(19)17-14-15-10-8-6-4-2-3-5-7-9-11-16(17)13-12-15/h12-14H,2-11H2,1H3. The Morgan fingerprint density at radius 1 is 0.900 bits per heavy atom. The third-order valence-corrected chi connectivity index (χ3v) is 4.24. The van der Waals surface area contributed by atoms with Gasteiger partial charge in [-0.2, -0.15) is 0 Å². The average Bonchev–Trinajstić information content (AvgIpc) is 2.49. The van der Waals surface area contributed by atoms with Gasteiger partial charge in [-0.1, -0.05) is 50.7 Å². The zero-order chi connectivity index (χ0) is 14.2. The molecule has 3 rings (SSSR count). The first-order valence-corrected chi connectivity index (χ1v) is 8.01. The molecule has 110 valence electrons. The summed E-state index contributed by atoms with van der Waals surface area (Å²) in [4.78, 5) is 11.9. The summed E-state index contributed by atoms with van der Waals surface area (Å²) >= 11 is 0. The van der Waals surface area contributed by atoms with E-state index in [1.165, 1.54) is 64.0 Å². The summed E-state index contributed by atoms with van der Waals surface area (Å²) in [5.74, 6) is -0.186. The van der Waals surface area contributed by atoms with Crippen molar-refractivity contribution < 1.29 is 9.53 Å². The number of carbonyl (C=O) groups is 1. The molecule has 0 amide bonds. The number of rotatable bonds is 1. The van der Waals surface area contributed by atoms with Gasteiger partial charge in [0.2, 0.25) is 0 Å². The van der Waals surface area contributed by atoms with Crippen molar-refractivity contribution in [3.05, 3.63) is 34.9 Å². The van der Waals surface area contributed by atoms with E-state index in [2.05, 4.69) is 12.1 Å².